The standard InChI is InChI=1S/C14H20FNO.ClH/c1-9(2)14(16)11-5-6-12(15)13(7-11)17-8-10-3-4-10;/h5-7,9-10,14H,3-4,8,16H2,1-2H3;1H/t14-;/m1./s1. The Morgan fingerprint density at radius 3 is 2.61 bits per heavy atom. The van der Waals surface area contributed by atoms with Gasteiger partial charge in [0.1, 0.15) is 0 Å². The zero-order valence-corrected chi connectivity index (χ0v) is 11.7. The summed E-state index contributed by atoms with van der Waals surface area (Å²) in [5.74, 6) is 0.990. The molecule has 0 radical (unpaired) electrons. The first-order valence-corrected chi connectivity index (χ1v) is 6.25. The fourth-order valence-electron chi connectivity index (χ4n) is 1.71. The predicted molar refractivity (Wildman–Crippen MR) is 73.6 cm³/mol. The average Bonchev–Trinajstić information content (AvgIpc) is 3.11. The molecule has 0 aromatic heterocycles. The molecule has 0 spiro atoms. The van der Waals surface area contributed by atoms with Crippen molar-refractivity contribution < 1.29 is 9.13 Å². The molecule has 2 nitrogen and oxygen atoms in total. The van der Waals surface area contributed by atoms with Crippen molar-refractivity contribution in [3.8, 4) is 5.75 Å². The fourth-order valence-corrected chi connectivity index (χ4v) is 1.71. The van der Waals surface area contributed by atoms with Crippen LogP contribution in [0.2, 0.25) is 0 Å². The van der Waals surface area contributed by atoms with E-state index in [1.807, 2.05) is 0 Å². The van der Waals surface area contributed by atoms with Crippen LogP contribution in [0.5, 0.6) is 5.75 Å². The van der Waals surface area contributed by atoms with Crippen molar-refractivity contribution in [1.29, 1.82) is 0 Å². The van der Waals surface area contributed by atoms with Crippen molar-refractivity contribution in [2.45, 2.75) is 32.7 Å². The largest absolute Gasteiger partial charge is 0.490 e. The highest BCUT2D eigenvalue weighted by Gasteiger charge is 2.22. The van der Waals surface area contributed by atoms with Crippen molar-refractivity contribution in [2.75, 3.05) is 6.61 Å². The van der Waals surface area contributed by atoms with Gasteiger partial charge < -0.3 is 10.5 Å². The van der Waals surface area contributed by atoms with Crippen LogP contribution in [0, 0.1) is 17.7 Å². The van der Waals surface area contributed by atoms with Gasteiger partial charge in [-0.1, -0.05) is 19.9 Å². The van der Waals surface area contributed by atoms with Crippen molar-refractivity contribution in [1.82, 2.24) is 0 Å². The van der Waals surface area contributed by atoms with Gasteiger partial charge in [0.2, 0.25) is 0 Å². The Hall–Kier alpha value is -0.800. The monoisotopic (exact) mass is 273 g/mol. The van der Waals surface area contributed by atoms with E-state index in [1.165, 1.54) is 18.9 Å². The van der Waals surface area contributed by atoms with E-state index in [9.17, 15) is 4.39 Å². The molecule has 2 rings (SSSR count). The van der Waals surface area contributed by atoms with Crippen molar-refractivity contribution in [3.63, 3.8) is 0 Å². The molecule has 0 unspecified atom stereocenters. The van der Waals surface area contributed by atoms with E-state index >= 15 is 0 Å². The minimum atomic E-state index is -0.301. The summed E-state index contributed by atoms with van der Waals surface area (Å²) < 4.78 is 19.0. The third-order valence-corrected chi connectivity index (χ3v) is 3.23. The average molecular weight is 274 g/mol. The fraction of sp³-hybridized carbons (Fsp3) is 0.571. The third kappa shape index (κ3) is 3.85. The summed E-state index contributed by atoms with van der Waals surface area (Å²) in [6.07, 6.45) is 2.40. The summed E-state index contributed by atoms with van der Waals surface area (Å²) in [7, 11) is 0. The van der Waals surface area contributed by atoms with Gasteiger partial charge in [-0.3, -0.25) is 0 Å². The molecular weight excluding hydrogens is 253 g/mol. The predicted octanol–water partition coefficient (Wildman–Crippen LogP) is 3.69. The van der Waals surface area contributed by atoms with E-state index in [-0.39, 0.29) is 24.3 Å². The first kappa shape index (κ1) is 15.3. The highest BCUT2D eigenvalue weighted by Crippen LogP contribution is 2.31. The summed E-state index contributed by atoms with van der Waals surface area (Å²) in [5.41, 5.74) is 6.98. The van der Waals surface area contributed by atoms with E-state index in [0.717, 1.165) is 5.56 Å². The van der Waals surface area contributed by atoms with Gasteiger partial charge in [0.25, 0.3) is 0 Å². The maximum atomic E-state index is 13.5. The van der Waals surface area contributed by atoms with Crippen LogP contribution in [0.15, 0.2) is 18.2 Å². The molecule has 18 heavy (non-hydrogen) atoms. The maximum absolute atomic E-state index is 13.5. The SMILES string of the molecule is CC(C)[C@@H](N)c1ccc(F)c(OCC2CC2)c1.Cl. The molecule has 1 atom stereocenters. The summed E-state index contributed by atoms with van der Waals surface area (Å²) in [6, 6.07) is 4.85. The Kier molecular flexibility index (Phi) is 5.42. The minimum Gasteiger partial charge on any atom is -0.490 e. The summed E-state index contributed by atoms with van der Waals surface area (Å²) in [6.45, 7) is 4.73. The van der Waals surface area contributed by atoms with Gasteiger partial charge in [0, 0.05) is 6.04 Å². The van der Waals surface area contributed by atoms with Gasteiger partial charge in [-0.2, -0.15) is 0 Å². The lowest BCUT2D eigenvalue weighted by Gasteiger charge is -2.17. The van der Waals surface area contributed by atoms with Gasteiger partial charge in [-0.05, 0) is 42.4 Å². The zero-order valence-electron chi connectivity index (χ0n) is 10.9. The number of halogens is 2. The molecule has 4 heteroatoms. The Morgan fingerprint density at radius 2 is 2.06 bits per heavy atom. The minimum absolute atomic E-state index is 0. The summed E-state index contributed by atoms with van der Waals surface area (Å²) in [4.78, 5) is 0. The smallest absolute Gasteiger partial charge is 0.165 e. The van der Waals surface area contributed by atoms with Crippen molar-refractivity contribution in [2.24, 2.45) is 17.6 Å². The Balaban J connectivity index is 0.00000162. The normalized spacial score (nSPS) is 16.3. The lowest BCUT2D eigenvalue weighted by Crippen LogP contribution is -2.17. The molecule has 1 fully saturated rings. The molecule has 0 aliphatic heterocycles. The number of rotatable bonds is 5. The van der Waals surface area contributed by atoms with Crippen LogP contribution in [0.1, 0.15) is 38.3 Å². The Labute approximate surface area is 114 Å². The van der Waals surface area contributed by atoms with Crippen LogP contribution < -0.4 is 10.5 Å². The highest BCUT2D eigenvalue weighted by molar-refractivity contribution is 5.85. The van der Waals surface area contributed by atoms with Crippen LogP contribution in [0.4, 0.5) is 4.39 Å². The van der Waals surface area contributed by atoms with Crippen LogP contribution in [0.25, 0.3) is 0 Å². The molecule has 1 aliphatic rings. The van der Waals surface area contributed by atoms with E-state index in [4.69, 9.17) is 10.5 Å². The molecule has 102 valence electrons. The highest BCUT2D eigenvalue weighted by atomic mass is 35.5. The molecule has 1 aromatic carbocycles. The second kappa shape index (κ2) is 6.39. The van der Waals surface area contributed by atoms with Gasteiger partial charge in [0.05, 0.1) is 6.61 Å². The Morgan fingerprint density at radius 1 is 1.39 bits per heavy atom. The summed E-state index contributed by atoms with van der Waals surface area (Å²) in [5, 5.41) is 0. The van der Waals surface area contributed by atoms with Gasteiger partial charge >= 0.3 is 0 Å². The van der Waals surface area contributed by atoms with Gasteiger partial charge in [0.15, 0.2) is 11.6 Å². The van der Waals surface area contributed by atoms with Gasteiger partial charge in [-0.25, -0.2) is 4.39 Å². The van der Waals surface area contributed by atoms with Crippen molar-refractivity contribution in [3.05, 3.63) is 29.6 Å². The van der Waals surface area contributed by atoms with E-state index < -0.39 is 0 Å². The Bertz CT molecular complexity index is 393. The number of nitrogens with two attached hydrogens (primary N) is 1. The molecule has 1 saturated carbocycles. The number of benzene rings is 1. The lowest BCUT2D eigenvalue weighted by atomic mass is 9.97. The van der Waals surface area contributed by atoms with E-state index in [1.54, 1.807) is 12.1 Å². The molecule has 0 heterocycles. The van der Waals surface area contributed by atoms with Gasteiger partial charge in [-0.15, -0.1) is 12.4 Å². The second-order valence-electron chi connectivity index (χ2n) is 5.21. The third-order valence-electron chi connectivity index (χ3n) is 3.23. The molecule has 1 aliphatic carbocycles. The molecule has 0 saturated heterocycles. The van der Waals surface area contributed by atoms with E-state index in [0.29, 0.717) is 24.2 Å². The molecular formula is C14H21ClFNO. The van der Waals surface area contributed by atoms with Crippen LogP contribution >= 0.6 is 12.4 Å². The van der Waals surface area contributed by atoms with Crippen molar-refractivity contribution >= 4 is 12.4 Å². The number of hydrogen-bond acceptors (Lipinski definition) is 2. The molecule has 2 N–H and O–H groups in total. The van der Waals surface area contributed by atoms with Crippen LogP contribution in [0.3, 0.4) is 0 Å². The van der Waals surface area contributed by atoms with Crippen LogP contribution in [-0.4, -0.2) is 6.61 Å². The van der Waals surface area contributed by atoms with E-state index in [2.05, 4.69) is 13.8 Å². The van der Waals surface area contributed by atoms with Crippen LogP contribution in [-0.2, 0) is 0 Å². The summed E-state index contributed by atoms with van der Waals surface area (Å²) >= 11 is 0. The number of hydrogen-bond donors (Lipinski definition) is 1. The first-order chi connectivity index (χ1) is 8.08. The molecule has 1 aromatic rings. The quantitative estimate of drug-likeness (QED) is 0.888. The molecule has 0 bridgehead atoms. The second-order valence-corrected chi connectivity index (χ2v) is 5.21. The number of ether oxygens (including phenoxy) is 1. The first-order valence-electron chi connectivity index (χ1n) is 6.25. The lowest BCUT2D eigenvalue weighted by molar-refractivity contribution is 0.284. The zero-order chi connectivity index (χ0) is 12.4. The topological polar surface area (TPSA) is 35.2 Å². The molecule has 0 amide bonds. The maximum Gasteiger partial charge on any atom is 0.165 e.